The van der Waals surface area contributed by atoms with Crippen LogP contribution in [0.1, 0.15) is 47.3 Å². The number of piperidine rings is 1. The molecule has 5 heterocycles. The van der Waals surface area contributed by atoms with Gasteiger partial charge < -0.3 is 9.88 Å². The molecule has 3 aromatic heterocycles. The number of amides is 1. The van der Waals surface area contributed by atoms with Crippen LogP contribution in [0, 0.1) is 6.92 Å². The van der Waals surface area contributed by atoms with Gasteiger partial charge in [0, 0.05) is 37.9 Å². The lowest BCUT2D eigenvalue weighted by atomic mass is 9.78. The quantitative estimate of drug-likeness (QED) is 0.743. The number of aromatic nitrogens is 4. The van der Waals surface area contributed by atoms with Crippen molar-refractivity contribution >= 4 is 11.6 Å². The number of likely N-dealkylation sites (tertiary alicyclic amines) is 1. The van der Waals surface area contributed by atoms with Gasteiger partial charge in [-0.2, -0.15) is 0 Å². The first-order valence-corrected chi connectivity index (χ1v) is 10.1. The zero-order valence-corrected chi connectivity index (χ0v) is 16.5. The zero-order valence-electron chi connectivity index (χ0n) is 16.5. The fourth-order valence-corrected chi connectivity index (χ4v) is 5.14. The van der Waals surface area contributed by atoms with Crippen LogP contribution >= 0.6 is 0 Å². The summed E-state index contributed by atoms with van der Waals surface area (Å²) in [6.45, 7) is 7.67. The van der Waals surface area contributed by atoms with E-state index in [1.165, 1.54) is 11.4 Å². The number of hydrogen-bond acceptors (Lipinski definition) is 4. The second kappa shape index (κ2) is 6.44. The van der Waals surface area contributed by atoms with Gasteiger partial charge in [-0.1, -0.05) is 13.0 Å². The van der Waals surface area contributed by atoms with Crippen molar-refractivity contribution in [1.82, 2.24) is 29.2 Å². The number of imidazole rings is 2. The molecule has 1 spiro atoms. The number of rotatable bonds is 2. The van der Waals surface area contributed by atoms with Crippen molar-refractivity contribution in [2.24, 2.45) is 0 Å². The largest absolute Gasteiger partial charge is 0.348 e. The monoisotopic (exact) mass is 378 g/mol. The van der Waals surface area contributed by atoms with Gasteiger partial charge in [0.1, 0.15) is 11.3 Å². The summed E-state index contributed by atoms with van der Waals surface area (Å²) in [6.07, 6.45) is 6.60. The minimum absolute atomic E-state index is 0.0480. The Balaban J connectivity index is 1.43. The summed E-state index contributed by atoms with van der Waals surface area (Å²) in [4.78, 5) is 30.5. The van der Waals surface area contributed by atoms with Crippen molar-refractivity contribution < 1.29 is 4.79 Å². The van der Waals surface area contributed by atoms with Crippen molar-refractivity contribution in [3.8, 4) is 0 Å². The average molecular weight is 378 g/mol. The smallest absolute Gasteiger partial charge is 0.272 e. The summed E-state index contributed by atoms with van der Waals surface area (Å²) in [5, 5.41) is 0. The Morgan fingerprint density at radius 2 is 2.07 bits per heavy atom. The van der Waals surface area contributed by atoms with Crippen molar-refractivity contribution in [2.75, 3.05) is 26.2 Å². The molecule has 0 bridgehead atoms. The topological polar surface area (TPSA) is 69.5 Å². The molecular weight excluding hydrogens is 352 g/mol. The standard InChI is InChI=1S/C21H26N6O/c1-3-26-11-7-16-19(23-14-22-16)21(26)8-12-25(13-9-21)20(28)18-15(2)24-17-6-4-5-10-27(17)18/h4-6,10,14H,3,7-9,11-13H2,1-2H3,(H,22,23). The molecule has 0 atom stereocenters. The SMILES string of the molecule is CCN1CCc2[nH]cnc2C12CCN(C(=O)c1c(C)nc3ccccn13)CC2. The molecule has 0 aromatic carbocycles. The number of H-pyrrole nitrogens is 1. The lowest BCUT2D eigenvalue weighted by molar-refractivity contribution is 0.00999. The first-order valence-electron chi connectivity index (χ1n) is 10.1. The average Bonchev–Trinajstić information content (AvgIpc) is 3.32. The highest BCUT2D eigenvalue weighted by atomic mass is 16.2. The van der Waals surface area contributed by atoms with Gasteiger partial charge in [-0.15, -0.1) is 0 Å². The number of carbonyl (C=O) groups is 1. The van der Waals surface area contributed by atoms with Gasteiger partial charge >= 0.3 is 0 Å². The molecule has 0 unspecified atom stereocenters. The summed E-state index contributed by atoms with van der Waals surface area (Å²) >= 11 is 0. The number of pyridine rings is 1. The molecule has 1 amide bonds. The first kappa shape index (κ1) is 17.4. The van der Waals surface area contributed by atoms with Crippen LogP contribution in [0.3, 0.4) is 0 Å². The van der Waals surface area contributed by atoms with Crippen molar-refractivity contribution in [1.29, 1.82) is 0 Å². The summed E-state index contributed by atoms with van der Waals surface area (Å²) in [5.74, 6) is 0.0761. The van der Waals surface area contributed by atoms with Gasteiger partial charge in [-0.3, -0.25) is 14.1 Å². The van der Waals surface area contributed by atoms with E-state index in [0.717, 1.165) is 56.8 Å². The number of aryl methyl sites for hydroxylation is 1. The van der Waals surface area contributed by atoms with E-state index in [0.29, 0.717) is 5.69 Å². The molecule has 28 heavy (non-hydrogen) atoms. The normalized spacial score (nSPS) is 19.3. The lowest BCUT2D eigenvalue weighted by Crippen LogP contribution is -2.57. The van der Waals surface area contributed by atoms with Gasteiger partial charge in [0.2, 0.25) is 0 Å². The van der Waals surface area contributed by atoms with Crippen LogP contribution in [0.15, 0.2) is 30.7 Å². The van der Waals surface area contributed by atoms with E-state index in [1.807, 2.05) is 46.9 Å². The summed E-state index contributed by atoms with van der Waals surface area (Å²) in [7, 11) is 0. The van der Waals surface area contributed by atoms with Gasteiger partial charge in [0.05, 0.1) is 23.3 Å². The maximum absolute atomic E-state index is 13.3. The third-order valence-electron chi connectivity index (χ3n) is 6.56. The molecule has 7 heteroatoms. The molecule has 146 valence electrons. The number of aromatic amines is 1. The van der Waals surface area contributed by atoms with E-state index in [-0.39, 0.29) is 11.4 Å². The zero-order chi connectivity index (χ0) is 19.3. The molecule has 1 saturated heterocycles. The summed E-state index contributed by atoms with van der Waals surface area (Å²) < 4.78 is 1.91. The van der Waals surface area contributed by atoms with Gasteiger partial charge in [0.15, 0.2) is 0 Å². The Labute approximate surface area is 164 Å². The molecule has 1 fully saturated rings. The van der Waals surface area contributed by atoms with Gasteiger partial charge in [-0.25, -0.2) is 9.97 Å². The highest BCUT2D eigenvalue weighted by molar-refractivity contribution is 5.94. The maximum Gasteiger partial charge on any atom is 0.272 e. The fraction of sp³-hybridized carbons (Fsp3) is 0.476. The molecule has 5 rings (SSSR count). The van der Waals surface area contributed by atoms with Crippen molar-refractivity contribution in [3.63, 3.8) is 0 Å². The molecule has 2 aliphatic rings. The third kappa shape index (κ3) is 2.42. The number of fused-ring (bicyclic) bond motifs is 3. The number of carbonyl (C=O) groups excluding carboxylic acids is 1. The molecular formula is C21H26N6O. The van der Waals surface area contributed by atoms with E-state index in [9.17, 15) is 4.79 Å². The Bertz CT molecular complexity index is 1030. The van der Waals surface area contributed by atoms with E-state index < -0.39 is 0 Å². The Hall–Kier alpha value is -2.67. The van der Waals surface area contributed by atoms with Crippen LogP contribution in [-0.2, 0) is 12.0 Å². The van der Waals surface area contributed by atoms with Crippen LogP contribution in [0.2, 0.25) is 0 Å². The third-order valence-corrected chi connectivity index (χ3v) is 6.56. The maximum atomic E-state index is 13.3. The molecule has 0 saturated carbocycles. The van der Waals surface area contributed by atoms with E-state index in [2.05, 4.69) is 21.8 Å². The number of nitrogens with one attached hydrogen (secondary N) is 1. The fourth-order valence-electron chi connectivity index (χ4n) is 5.14. The minimum Gasteiger partial charge on any atom is -0.348 e. The first-order chi connectivity index (χ1) is 13.6. The van der Waals surface area contributed by atoms with Crippen LogP contribution in [0.4, 0.5) is 0 Å². The van der Waals surface area contributed by atoms with Crippen LogP contribution in [-0.4, -0.2) is 61.2 Å². The van der Waals surface area contributed by atoms with Crippen molar-refractivity contribution in [2.45, 2.75) is 38.6 Å². The van der Waals surface area contributed by atoms with Crippen LogP contribution in [0.5, 0.6) is 0 Å². The predicted octanol–water partition coefficient (Wildman–Crippen LogP) is 2.38. The van der Waals surface area contributed by atoms with Crippen molar-refractivity contribution in [3.05, 3.63) is 53.5 Å². The molecule has 0 aliphatic carbocycles. The minimum atomic E-state index is -0.0480. The summed E-state index contributed by atoms with van der Waals surface area (Å²) in [6, 6.07) is 5.83. The lowest BCUT2D eigenvalue weighted by Gasteiger charge is -2.50. The molecule has 7 nitrogen and oxygen atoms in total. The van der Waals surface area contributed by atoms with E-state index >= 15 is 0 Å². The van der Waals surface area contributed by atoms with Crippen LogP contribution < -0.4 is 0 Å². The highest BCUT2D eigenvalue weighted by Crippen LogP contribution is 2.42. The second-order valence-corrected chi connectivity index (χ2v) is 7.86. The number of nitrogens with zero attached hydrogens (tertiary/aromatic N) is 5. The highest BCUT2D eigenvalue weighted by Gasteiger charge is 2.46. The van der Waals surface area contributed by atoms with Gasteiger partial charge in [0.25, 0.3) is 5.91 Å². The molecule has 1 N–H and O–H groups in total. The molecule has 0 radical (unpaired) electrons. The molecule has 2 aliphatic heterocycles. The Morgan fingerprint density at radius 1 is 1.25 bits per heavy atom. The Morgan fingerprint density at radius 3 is 2.86 bits per heavy atom. The number of hydrogen-bond donors (Lipinski definition) is 1. The molecule has 3 aromatic rings. The van der Waals surface area contributed by atoms with E-state index in [4.69, 9.17) is 4.98 Å². The predicted molar refractivity (Wildman–Crippen MR) is 106 cm³/mol. The number of likely N-dealkylation sites (N-methyl/N-ethyl adjacent to an activating group) is 1. The van der Waals surface area contributed by atoms with Crippen LogP contribution in [0.25, 0.3) is 5.65 Å². The van der Waals surface area contributed by atoms with Gasteiger partial charge in [-0.05, 0) is 38.4 Å². The summed E-state index contributed by atoms with van der Waals surface area (Å²) in [5.41, 5.74) is 4.71. The van der Waals surface area contributed by atoms with E-state index in [1.54, 1.807) is 0 Å². The second-order valence-electron chi connectivity index (χ2n) is 7.86. The Kier molecular flexibility index (Phi) is 4.01.